The monoisotopic (exact) mass is 295 g/mol. The number of halogens is 3. The Morgan fingerprint density at radius 3 is 2.67 bits per heavy atom. The van der Waals surface area contributed by atoms with Gasteiger partial charge in [-0.1, -0.05) is 5.16 Å². The van der Waals surface area contributed by atoms with Crippen LogP contribution >= 0.6 is 0 Å². The minimum Gasteiger partial charge on any atom is -0.359 e. The van der Waals surface area contributed by atoms with E-state index in [4.69, 9.17) is 10.3 Å². The van der Waals surface area contributed by atoms with Crippen molar-refractivity contribution in [2.75, 3.05) is 0 Å². The van der Waals surface area contributed by atoms with Crippen LogP contribution in [0.1, 0.15) is 35.5 Å². The number of aliphatic imine (C=N–C) groups is 1. The molecule has 0 saturated heterocycles. The lowest BCUT2D eigenvalue weighted by Gasteiger charge is -2.07. The van der Waals surface area contributed by atoms with Gasteiger partial charge in [-0.2, -0.15) is 13.2 Å². The van der Waals surface area contributed by atoms with Crippen molar-refractivity contribution in [2.45, 2.75) is 25.6 Å². The fourth-order valence-electron chi connectivity index (χ4n) is 2.17. The number of benzene rings is 1. The maximum Gasteiger partial charge on any atom is 0.416 e. The summed E-state index contributed by atoms with van der Waals surface area (Å²) in [5, 5.41) is 3.87. The van der Waals surface area contributed by atoms with Gasteiger partial charge < -0.3 is 10.3 Å². The highest BCUT2D eigenvalue weighted by molar-refractivity contribution is 6.05. The van der Waals surface area contributed by atoms with E-state index in [-0.39, 0.29) is 6.04 Å². The Morgan fingerprint density at radius 1 is 1.29 bits per heavy atom. The largest absolute Gasteiger partial charge is 0.416 e. The highest BCUT2D eigenvalue weighted by atomic mass is 19.4. The van der Waals surface area contributed by atoms with Gasteiger partial charge in [0, 0.05) is 12.5 Å². The van der Waals surface area contributed by atoms with E-state index in [1.807, 2.05) is 0 Å². The quantitative estimate of drug-likeness (QED) is 0.923. The molecule has 110 valence electrons. The third kappa shape index (κ3) is 2.56. The molecule has 0 unspecified atom stereocenters. The van der Waals surface area contributed by atoms with E-state index in [1.165, 1.54) is 6.07 Å². The Balaban J connectivity index is 1.89. The zero-order chi connectivity index (χ0) is 15.2. The molecular formula is C14H12F3N3O. The lowest BCUT2D eigenvalue weighted by Crippen LogP contribution is -2.06. The summed E-state index contributed by atoms with van der Waals surface area (Å²) in [5.41, 5.74) is 7.16. The van der Waals surface area contributed by atoms with Crippen molar-refractivity contribution in [3.8, 4) is 0 Å². The summed E-state index contributed by atoms with van der Waals surface area (Å²) in [5.74, 6) is 0.514. The van der Waals surface area contributed by atoms with E-state index in [1.54, 1.807) is 13.0 Å². The summed E-state index contributed by atoms with van der Waals surface area (Å²) < 4.78 is 43.1. The topological polar surface area (TPSA) is 64.4 Å². The second-order valence-corrected chi connectivity index (χ2v) is 4.98. The van der Waals surface area contributed by atoms with Crippen molar-refractivity contribution < 1.29 is 17.7 Å². The summed E-state index contributed by atoms with van der Waals surface area (Å²) in [4.78, 5) is 4.30. The van der Waals surface area contributed by atoms with Crippen LogP contribution in [0.5, 0.6) is 0 Å². The van der Waals surface area contributed by atoms with Gasteiger partial charge in [-0.25, -0.2) is 0 Å². The number of hydrogen-bond acceptors (Lipinski definition) is 4. The van der Waals surface area contributed by atoms with Gasteiger partial charge in [0.2, 0.25) is 0 Å². The lowest BCUT2D eigenvalue weighted by atomic mass is 10.0. The smallest absolute Gasteiger partial charge is 0.359 e. The van der Waals surface area contributed by atoms with E-state index in [0.717, 1.165) is 12.1 Å². The molecule has 2 aromatic rings. The molecule has 1 atom stereocenters. The molecule has 0 saturated carbocycles. The number of fused-ring (bicyclic) bond motifs is 1. The van der Waals surface area contributed by atoms with Crippen LogP contribution in [0.3, 0.4) is 0 Å². The first-order chi connectivity index (χ1) is 9.84. The van der Waals surface area contributed by atoms with E-state index < -0.39 is 11.7 Å². The summed E-state index contributed by atoms with van der Waals surface area (Å²) in [6.45, 7) is 1.76. The normalized spacial score (nSPS) is 15.8. The molecule has 0 amide bonds. The Hall–Kier alpha value is -2.15. The number of hydrogen-bond donors (Lipinski definition) is 1. The van der Waals surface area contributed by atoms with Gasteiger partial charge in [-0.15, -0.1) is 0 Å². The maximum absolute atomic E-state index is 12.7. The average Bonchev–Trinajstić information content (AvgIpc) is 3.03. The molecule has 21 heavy (non-hydrogen) atoms. The minimum absolute atomic E-state index is 0.296. The predicted octanol–water partition coefficient (Wildman–Crippen LogP) is 3.39. The first-order valence-corrected chi connectivity index (χ1v) is 6.35. The van der Waals surface area contributed by atoms with Crippen molar-refractivity contribution in [1.29, 1.82) is 0 Å². The molecule has 1 aliphatic rings. The molecule has 0 radical (unpaired) electrons. The number of rotatable bonds is 2. The lowest BCUT2D eigenvalue weighted by molar-refractivity contribution is -0.137. The molecule has 0 aliphatic carbocycles. The molecule has 7 heteroatoms. The first kappa shape index (κ1) is 13.8. The Labute approximate surface area is 118 Å². The number of alkyl halides is 3. The summed E-state index contributed by atoms with van der Waals surface area (Å²) in [7, 11) is 0. The van der Waals surface area contributed by atoms with Crippen molar-refractivity contribution in [1.82, 2.24) is 5.16 Å². The number of aromatic nitrogens is 1. The maximum atomic E-state index is 12.7. The molecule has 3 rings (SSSR count). The molecule has 1 aliphatic heterocycles. The van der Waals surface area contributed by atoms with Crippen molar-refractivity contribution >= 4 is 11.4 Å². The Kier molecular flexibility index (Phi) is 3.09. The van der Waals surface area contributed by atoms with Crippen LogP contribution in [-0.2, 0) is 12.6 Å². The van der Waals surface area contributed by atoms with Gasteiger partial charge >= 0.3 is 6.18 Å². The van der Waals surface area contributed by atoms with Gasteiger partial charge in [0.1, 0.15) is 5.69 Å². The molecule has 1 aromatic heterocycles. The van der Waals surface area contributed by atoms with Crippen LogP contribution in [0.25, 0.3) is 0 Å². The fourth-order valence-corrected chi connectivity index (χ4v) is 2.17. The second kappa shape index (κ2) is 4.70. The zero-order valence-electron chi connectivity index (χ0n) is 11.1. The zero-order valence-corrected chi connectivity index (χ0v) is 11.1. The Bertz CT molecular complexity index is 716. The SMILES string of the molecule is C[C@H](N)c1cc(C2=Nc3ccc(C(F)(F)F)cc3C2)no1. The van der Waals surface area contributed by atoms with Crippen LogP contribution in [-0.4, -0.2) is 10.9 Å². The highest BCUT2D eigenvalue weighted by Gasteiger charge is 2.32. The number of nitrogens with zero attached hydrogens (tertiary/aromatic N) is 2. The van der Waals surface area contributed by atoms with Gasteiger partial charge in [0.25, 0.3) is 0 Å². The summed E-state index contributed by atoms with van der Waals surface area (Å²) in [6, 6.07) is 4.89. The molecule has 2 N–H and O–H groups in total. The van der Waals surface area contributed by atoms with E-state index in [0.29, 0.717) is 34.8 Å². The first-order valence-electron chi connectivity index (χ1n) is 6.35. The molecule has 0 spiro atoms. The summed E-state index contributed by atoms with van der Waals surface area (Å²) >= 11 is 0. The highest BCUT2D eigenvalue weighted by Crippen LogP contribution is 2.35. The molecular weight excluding hydrogens is 283 g/mol. The standard InChI is InChI=1S/C14H12F3N3O/c1-7(18)13-6-12(20-21-13)11-5-8-4-9(14(15,16)17)2-3-10(8)19-11/h2-4,6-7H,5,18H2,1H3/t7-/m0/s1. The predicted molar refractivity (Wildman–Crippen MR) is 70.5 cm³/mol. The number of nitrogens with two attached hydrogens (primary N) is 1. The average molecular weight is 295 g/mol. The van der Waals surface area contributed by atoms with Crippen LogP contribution in [0, 0.1) is 0 Å². The van der Waals surface area contributed by atoms with Crippen LogP contribution < -0.4 is 5.73 Å². The van der Waals surface area contributed by atoms with Gasteiger partial charge in [-0.05, 0) is 30.7 Å². The van der Waals surface area contributed by atoms with Crippen molar-refractivity contribution in [3.63, 3.8) is 0 Å². The Morgan fingerprint density at radius 2 is 2.05 bits per heavy atom. The molecule has 0 bridgehead atoms. The van der Waals surface area contributed by atoms with Crippen molar-refractivity contribution in [3.05, 3.63) is 46.8 Å². The minimum atomic E-state index is -4.35. The molecule has 1 aromatic carbocycles. The van der Waals surface area contributed by atoms with Gasteiger partial charge in [0.15, 0.2) is 5.76 Å². The molecule has 4 nitrogen and oxygen atoms in total. The fraction of sp³-hybridized carbons (Fsp3) is 0.286. The van der Waals surface area contributed by atoms with Gasteiger partial charge in [0.05, 0.1) is 23.0 Å². The van der Waals surface area contributed by atoms with Crippen LogP contribution in [0.15, 0.2) is 33.8 Å². The molecule has 0 fully saturated rings. The second-order valence-electron chi connectivity index (χ2n) is 4.98. The van der Waals surface area contributed by atoms with E-state index >= 15 is 0 Å². The molecule has 2 heterocycles. The van der Waals surface area contributed by atoms with Gasteiger partial charge in [-0.3, -0.25) is 4.99 Å². The van der Waals surface area contributed by atoms with E-state index in [2.05, 4.69) is 10.1 Å². The van der Waals surface area contributed by atoms with E-state index in [9.17, 15) is 13.2 Å². The van der Waals surface area contributed by atoms with Crippen LogP contribution in [0.4, 0.5) is 18.9 Å². The van der Waals surface area contributed by atoms with Crippen LogP contribution in [0.2, 0.25) is 0 Å². The third-order valence-corrected chi connectivity index (χ3v) is 3.29. The summed E-state index contributed by atoms with van der Waals surface area (Å²) in [6.07, 6.45) is -4.06. The van der Waals surface area contributed by atoms with Crippen molar-refractivity contribution in [2.24, 2.45) is 10.7 Å². The third-order valence-electron chi connectivity index (χ3n) is 3.29.